The number of esters is 1. The van der Waals surface area contributed by atoms with Gasteiger partial charge in [0.15, 0.2) is 0 Å². The van der Waals surface area contributed by atoms with Gasteiger partial charge in [0, 0.05) is 25.8 Å². The van der Waals surface area contributed by atoms with Crippen molar-refractivity contribution < 1.29 is 19.1 Å². The predicted octanol–water partition coefficient (Wildman–Crippen LogP) is 1.86. The lowest BCUT2D eigenvalue weighted by Crippen LogP contribution is -2.35. The second-order valence-corrected chi connectivity index (χ2v) is 5.66. The number of benzene rings is 1. The highest BCUT2D eigenvalue weighted by atomic mass is 16.5. The summed E-state index contributed by atoms with van der Waals surface area (Å²) < 4.78 is 9.91. The molecule has 2 rings (SSSR count). The number of carbonyl (C=O) groups is 2. The van der Waals surface area contributed by atoms with E-state index in [0.29, 0.717) is 31.7 Å². The molecule has 0 aliphatic carbocycles. The number of rotatable bonds is 4. The van der Waals surface area contributed by atoms with E-state index in [4.69, 9.17) is 9.47 Å². The largest absolute Gasteiger partial charge is 0.469 e. The van der Waals surface area contributed by atoms with Crippen molar-refractivity contribution in [1.82, 2.24) is 4.90 Å². The molecule has 1 fully saturated rings. The van der Waals surface area contributed by atoms with E-state index in [1.54, 1.807) is 18.1 Å². The van der Waals surface area contributed by atoms with Crippen LogP contribution in [0.15, 0.2) is 24.3 Å². The van der Waals surface area contributed by atoms with Crippen LogP contribution in [0.3, 0.4) is 0 Å². The monoisotopic (exact) mass is 291 g/mol. The maximum atomic E-state index is 12.5. The SMILES string of the molecule is COCc1cccc(C(=O)N2CCC(C)(C(=O)OC)C2)c1. The van der Waals surface area contributed by atoms with Crippen LogP contribution >= 0.6 is 0 Å². The number of nitrogens with zero attached hydrogens (tertiary/aromatic N) is 1. The van der Waals surface area contributed by atoms with Gasteiger partial charge in [-0.1, -0.05) is 12.1 Å². The summed E-state index contributed by atoms with van der Waals surface area (Å²) in [5.41, 5.74) is 0.978. The summed E-state index contributed by atoms with van der Waals surface area (Å²) in [5.74, 6) is -0.313. The highest BCUT2D eigenvalue weighted by Gasteiger charge is 2.43. The Labute approximate surface area is 124 Å². The Kier molecular flexibility index (Phi) is 4.63. The van der Waals surface area contributed by atoms with Crippen LogP contribution in [0.1, 0.15) is 29.3 Å². The van der Waals surface area contributed by atoms with Crippen LogP contribution in [0, 0.1) is 5.41 Å². The molecule has 0 aromatic heterocycles. The van der Waals surface area contributed by atoms with Gasteiger partial charge in [0.05, 0.1) is 19.1 Å². The zero-order chi connectivity index (χ0) is 15.5. The highest BCUT2D eigenvalue weighted by molar-refractivity contribution is 5.95. The first kappa shape index (κ1) is 15.5. The van der Waals surface area contributed by atoms with E-state index in [2.05, 4.69) is 0 Å². The van der Waals surface area contributed by atoms with Crippen molar-refractivity contribution in [2.45, 2.75) is 20.0 Å². The molecule has 1 atom stereocenters. The Balaban J connectivity index is 2.11. The lowest BCUT2D eigenvalue weighted by molar-refractivity contribution is -0.150. The molecule has 5 heteroatoms. The van der Waals surface area contributed by atoms with Crippen molar-refractivity contribution >= 4 is 11.9 Å². The highest BCUT2D eigenvalue weighted by Crippen LogP contribution is 2.32. The van der Waals surface area contributed by atoms with Gasteiger partial charge in [-0.3, -0.25) is 9.59 Å². The Morgan fingerprint density at radius 3 is 2.76 bits per heavy atom. The second-order valence-electron chi connectivity index (χ2n) is 5.66. The van der Waals surface area contributed by atoms with Gasteiger partial charge in [-0.25, -0.2) is 0 Å². The number of carbonyl (C=O) groups excluding carboxylic acids is 2. The van der Waals surface area contributed by atoms with Crippen molar-refractivity contribution in [2.24, 2.45) is 5.41 Å². The zero-order valence-electron chi connectivity index (χ0n) is 12.7. The summed E-state index contributed by atoms with van der Waals surface area (Å²) in [5, 5.41) is 0. The average Bonchev–Trinajstić information content (AvgIpc) is 2.90. The first-order valence-corrected chi connectivity index (χ1v) is 6.96. The summed E-state index contributed by atoms with van der Waals surface area (Å²) in [4.78, 5) is 26.0. The third kappa shape index (κ3) is 3.24. The summed E-state index contributed by atoms with van der Waals surface area (Å²) in [6.45, 7) is 3.28. The maximum absolute atomic E-state index is 12.5. The maximum Gasteiger partial charge on any atom is 0.313 e. The summed E-state index contributed by atoms with van der Waals surface area (Å²) in [7, 11) is 3.00. The Morgan fingerprint density at radius 1 is 1.33 bits per heavy atom. The van der Waals surface area contributed by atoms with E-state index in [1.165, 1.54) is 7.11 Å². The molecular weight excluding hydrogens is 270 g/mol. The molecule has 0 N–H and O–H groups in total. The normalized spacial score (nSPS) is 21.4. The smallest absolute Gasteiger partial charge is 0.313 e. The van der Waals surface area contributed by atoms with Crippen LogP contribution in [0.25, 0.3) is 0 Å². The molecule has 21 heavy (non-hydrogen) atoms. The minimum Gasteiger partial charge on any atom is -0.469 e. The standard InChI is InChI=1S/C16H21NO4/c1-16(15(19)21-3)7-8-17(11-16)14(18)13-6-4-5-12(9-13)10-20-2/h4-6,9H,7-8,10-11H2,1-3H3. The third-order valence-corrected chi connectivity index (χ3v) is 3.92. The number of hydrogen-bond acceptors (Lipinski definition) is 4. The molecule has 0 bridgehead atoms. The fourth-order valence-electron chi connectivity index (χ4n) is 2.69. The number of methoxy groups -OCH3 is 2. The van der Waals surface area contributed by atoms with Crippen molar-refractivity contribution in [3.8, 4) is 0 Å². The van der Waals surface area contributed by atoms with Gasteiger partial charge >= 0.3 is 5.97 Å². The van der Waals surface area contributed by atoms with E-state index < -0.39 is 5.41 Å². The molecule has 1 aliphatic heterocycles. The van der Waals surface area contributed by atoms with E-state index in [9.17, 15) is 9.59 Å². The molecule has 1 aromatic carbocycles. The van der Waals surface area contributed by atoms with Gasteiger partial charge in [0.1, 0.15) is 0 Å². The Hall–Kier alpha value is -1.88. The van der Waals surface area contributed by atoms with Crippen LogP contribution in [0.5, 0.6) is 0 Å². The van der Waals surface area contributed by atoms with E-state index >= 15 is 0 Å². The van der Waals surface area contributed by atoms with Crippen LogP contribution in [-0.4, -0.2) is 44.1 Å². The lowest BCUT2D eigenvalue weighted by atomic mass is 9.90. The molecule has 0 radical (unpaired) electrons. The summed E-state index contributed by atoms with van der Waals surface area (Å²) in [6.07, 6.45) is 0.628. The molecule has 0 saturated carbocycles. The number of ether oxygens (including phenoxy) is 2. The molecule has 114 valence electrons. The van der Waals surface area contributed by atoms with Crippen LogP contribution < -0.4 is 0 Å². The van der Waals surface area contributed by atoms with Gasteiger partial charge in [-0.15, -0.1) is 0 Å². The Morgan fingerprint density at radius 2 is 2.10 bits per heavy atom. The van der Waals surface area contributed by atoms with E-state index in [-0.39, 0.29) is 11.9 Å². The van der Waals surface area contributed by atoms with Gasteiger partial charge in [0.2, 0.25) is 0 Å². The zero-order valence-corrected chi connectivity index (χ0v) is 12.7. The van der Waals surface area contributed by atoms with Crippen molar-refractivity contribution in [3.05, 3.63) is 35.4 Å². The van der Waals surface area contributed by atoms with E-state index in [1.807, 2.05) is 25.1 Å². The Bertz CT molecular complexity index is 543. The fraction of sp³-hybridized carbons (Fsp3) is 0.500. The van der Waals surface area contributed by atoms with E-state index in [0.717, 1.165) is 5.56 Å². The minimum absolute atomic E-state index is 0.0550. The van der Waals surface area contributed by atoms with Crippen LogP contribution in [0.4, 0.5) is 0 Å². The topological polar surface area (TPSA) is 55.8 Å². The summed E-state index contributed by atoms with van der Waals surface area (Å²) in [6, 6.07) is 7.38. The fourth-order valence-corrected chi connectivity index (χ4v) is 2.69. The first-order chi connectivity index (χ1) is 10.00. The molecule has 1 heterocycles. The van der Waals surface area contributed by atoms with Gasteiger partial charge in [-0.2, -0.15) is 0 Å². The van der Waals surface area contributed by atoms with Gasteiger partial charge in [-0.05, 0) is 31.0 Å². The van der Waals surface area contributed by atoms with Crippen LogP contribution in [-0.2, 0) is 20.9 Å². The quantitative estimate of drug-likeness (QED) is 0.795. The van der Waals surface area contributed by atoms with Crippen LogP contribution in [0.2, 0.25) is 0 Å². The number of likely N-dealkylation sites (tertiary alicyclic amines) is 1. The summed E-state index contributed by atoms with van der Waals surface area (Å²) >= 11 is 0. The molecule has 1 unspecified atom stereocenters. The molecular formula is C16H21NO4. The molecule has 5 nitrogen and oxygen atoms in total. The molecule has 1 aliphatic rings. The molecule has 1 aromatic rings. The van der Waals surface area contributed by atoms with Crippen molar-refractivity contribution in [1.29, 1.82) is 0 Å². The second kappa shape index (κ2) is 6.26. The van der Waals surface area contributed by atoms with Crippen molar-refractivity contribution in [3.63, 3.8) is 0 Å². The third-order valence-electron chi connectivity index (χ3n) is 3.92. The predicted molar refractivity (Wildman–Crippen MR) is 77.8 cm³/mol. The molecule has 0 spiro atoms. The minimum atomic E-state index is -0.603. The van der Waals surface area contributed by atoms with Crippen molar-refractivity contribution in [2.75, 3.05) is 27.3 Å². The first-order valence-electron chi connectivity index (χ1n) is 6.96. The molecule has 1 amide bonds. The van der Waals surface area contributed by atoms with Gasteiger partial charge < -0.3 is 14.4 Å². The average molecular weight is 291 g/mol. The lowest BCUT2D eigenvalue weighted by Gasteiger charge is -2.22. The van der Waals surface area contributed by atoms with Gasteiger partial charge in [0.25, 0.3) is 5.91 Å². The number of amides is 1. The molecule has 1 saturated heterocycles. The number of hydrogen-bond donors (Lipinski definition) is 0.